The zero-order valence-electron chi connectivity index (χ0n) is 12.5. The molecule has 0 spiro atoms. The minimum Gasteiger partial charge on any atom is -0.290 e. The molecule has 0 saturated carbocycles. The lowest BCUT2D eigenvalue weighted by atomic mass is 10.4. The molecular weight excluding hydrogens is 418 g/mol. The largest absolute Gasteiger partial charge is 0.321 e. The first-order valence-corrected chi connectivity index (χ1v) is 11.7. The highest BCUT2D eigenvalue weighted by Crippen LogP contribution is 2.32. The van der Waals surface area contributed by atoms with Crippen molar-refractivity contribution in [2.75, 3.05) is 18.3 Å². The highest BCUT2D eigenvalue weighted by molar-refractivity contribution is 8.16. The molecule has 0 bridgehead atoms. The fourth-order valence-corrected chi connectivity index (χ4v) is 6.61. The lowest BCUT2D eigenvalue weighted by molar-refractivity contribution is -0.113. The molecule has 1 atom stereocenters. The average molecular weight is 432 g/mol. The van der Waals surface area contributed by atoms with Gasteiger partial charge in [0, 0.05) is 19.0 Å². The minimum atomic E-state index is -4.13. The van der Waals surface area contributed by atoms with Crippen molar-refractivity contribution in [3.05, 3.63) is 26.9 Å². The topological polar surface area (TPSA) is 113 Å². The molecule has 0 radical (unpaired) electrons. The number of thioether (sulfide) groups is 1. The fourth-order valence-electron chi connectivity index (χ4n) is 1.68. The van der Waals surface area contributed by atoms with Gasteiger partial charge in [-0.1, -0.05) is 18.5 Å². The van der Waals surface area contributed by atoms with E-state index in [1.54, 1.807) is 12.3 Å². The van der Waals surface area contributed by atoms with E-state index in [0.29, 0.717) is 0 Å². The Morgan fingerprint density at radius 3 is 2.50 bits per heavy atom. The van der Waals surface area contributed by atoms with Crippen molar-refractivity contribution in [3.8, 4) is 0 Å². The third-order valence-corrected chi connectivity index (χ3v) is 8.97. The molecule has 13 heteroatoms. The van der Waals surface area contributed by atoms with Crippen LogP contribution in [0.5, 0.6) is 0 Å². The van der Waals surface area contributed by atoms with Crippen LogP contribution in [0.4, 0.5) is 5.69 Å². The van der Waals surface area contributed by atoms with Crippen LogP contribution < -0.4 is 9.44 Å². The van der Waals surface area contributed by atoms with E-state index in [4.69, 9.17) is 11.6 Å². The fraction of sp³-hybridized carbons (Fsp3) is 0.364. The molecule has 2 N–H and O–H groups in total. The molecule has 0 aromatic carbocycles. The molecular formula is C11H14ClN3O5S4. The van der Waals surface area contributed by atoms with E-state index in [9.17, 15) is 21.6 Å². The molecule has 8 nitrogen and oxygen atoms in total. The zero-order valence-corrected chi connectivity index (χ0v) is 16.5. The molecule has 2 rings (SSSR count). The standard InChI is InChI=1S/C11H14ClN3O5S4/c1-3-15(2)23(17,18)11-9(16)8(6-22-11)14-24(19,20)13-7-4-5-21-10(7)12/h4-6,11,13-14H,3H2,1-2H3. The van der Waals surface area contributed by atoms with Crippen LogP contribution in [-0.4, -0.2) is 45.1 Å². The first kappa shape index (κ1) is 19.5. The Morgan fingerprint density at radius 1 is 1.29 bits per heavy atom. The van der Waals surface area contributed by atoms with Crippen LogP contribution >= 0.6 is 34.7 Å². The number of anilines is 1. The van der Waals surface area contributed by atoms with E-state index in [-0.39, 0.29) is 22.3 Å². The Balaban J connectivity index is 2.12. The van der Waals surface area contributed by atoms with Gasteiger partial charge in [-0.15, -0.1) is 23.1 Å². The number of carbonyl (C=O) groups excluding carboxylic acids is 1. The van der Waals surface area contributed by atoms with E-state index >= 15 is 0 Å². The summed E-state index contributed by atoms with van der Waals surface area (Å²) in [5.74, 6) is -0.818. The number of rotatable bonds is 7. The second-order valence-electron chi connectivity index (χ2n) is 4.64. The summed E-state index contributed by atoms with van der Waals surface area (Å²) in [7, 11) is -6.64. The summed E-state index contributed by atoms with van der Waals surface area (Å²) in [6.45, 7) is 1.83. The van der Waals surface area contributed by atoms with Crippen LogP contribution in [0.25, 0.3) is 0 Å². The SMILES string of the molecule is CCN(C)S(=O)(=O)C1SC=C(NS(=O)(=O)Nc2ccsc2Cl)C1=O. The first-order chi connectivity index (χ1) is 11.1. The predicted molar refractivity (Wildman–Crippen MR) is 96.7 cm³/mol. The van der Waals surface area contributed by atoms with Crippen molar-refractivity contribution in [3.63, 3.8) is 0 Å². The molecule has 0 fully saturated rings. The second-order valence-corrected chi connectivity index (χ2v) is 11.0. The molecule has 0 amide bonds. The predicted octanol–water partition coefficient (Wildman–Crippen LogP) is 1.41. The van der Waals surface area contributed by atoms with Crippen molar-refractivity contribution in [2.45, 2.75) is 11.5 Å². The van der Waals surface area contributed by atoms with Gasteiger partial charge in [0.1, 0.15) is 10.0 Å². The van der Waals surface area contributed by atoms with Crippen LogP contribution in [0.15, 0.2) is 22.6 Å². The van der Waals surface area contributed by atoms with Gasteiger partial charge in [0.15, 0.2) is 4.58 Å². The minimum absolute atomic E-state index is 0.169. The summed E-state index contributed by atoms with van der Waals surface area (Å²) in [6.07, 6.45) is 0. The molecule has 134 valence electrons. The summed E-state index contributed by atoms with van der Waals surface area (Å²) < 4.78 is 52.7. The molecule has 1 aromatic heterocycles. The van der Waals surface area contributed by atoms with Crippen LogP contribution in [0.3, 0.4) is 0 Å². The Morgan fingerprint density at radius 2 is 1.96 bits per heavy atom. The summed E-state index contributed by atoms with van der Waals surface area (Å²) >= 11 is 7.70. The van der Waals surface area contributed by atoms with Crippen LogP contribution in [0, 0.1) is 0 Å². The summed E-state index contributed by atoms with van der Waals surface area (Å²) in [5.41, 5.74) is -0.139. The van der Waals surface area contributed by atoms with Crippen molar-refractivity contribution >= 4 is 66.4 Å². The van der Waals surface area contributed by atoms with E-state index in [1.807, 2.05) is 4.72 Å². The average Bonchev–Trinajstić information content (AvgIpc) is 3.05. The van der Waals surface area contributed by atoms with Crippen molar-refractivity contribution < 1.29 is 21.6 Å². The molecule has 24 heavy (non-hydrogen) atoms. The highest BCUT2D eigenvalue weighted by Gasteiger charge is 2.41. The van der Waals surface area contributed by atoms with E-state index in [1.165, 1.54) is 18.5 Å². The van der Waals surface area contributed by atoms with Gasteiger partial charge < -0.3 is 0 Å². The third kappa shape index (κ3) is 4.06. The number of ketones is 1. The zero-order chi connectivity index (χ0) is 18.1. The molecule has 0 aliphatic carbocycles. The molecule has 0 saturated heterocycles. The maximum Gasteiger partial charge on any atom is 0.321 e. The lowest BCUT2D eigenvalue weighted by Gasteiger charge is -2.18. The van der Waals surface area contributed by atoms with Gasteiger partial charge >= 0.3 is 10.2 Å². The molecule has 1 aliphatic rings. The van der Waals surface area contributed by atoms with Crippen molar-refractivity contribution in [2.24, 2.45) is 0 Å². The molecule has 1 aliphatic heterocycles. The van der Waals surface area contributed by atoms with Gasteiger partial charge in [0.25, 0.3) is 0 Å². The Bertz CT molecular complexity index is 877. The summed E-state index contributed by atoms with van der Waals surface area (Å²) in [4.78, 5) is 12.2. The number of nitrogens with one attached hydrogen (secondary N) is 2. The second kappa shape index (κ2) is 7.22. The number of carbonyl (C=O) groups is 1. The van der Waals surface area contributed by atoms with E-state index in [2.05, 4.69) is 4.72 Å². The third-order valence-electron chi connectivity index (χ3n) is 3.05. The number of sulfonamides is 1. The van der Waals surface area contributed by atoms with Gasteiger partial charge in [-0.25, -0.2) is 12.7 Å². The van der Waals surface area contributed by atoms with Crippen molar-refractivity contribution in [1.82, 2.24) is 9.03 Å². The van der Waals surface area contributed by atoms with Gasteiger partial charge in [-0.05, 0) is 11.4 Å². The van der Waals surface area contributed by atoms with Crippen LogP contribution in [0.2, 0.25) is 4.34 Å². The summed E-state index contributed by atoms with van der Waals surface area (Å²) in [6, 6.07) is 1.47. The van der Waals surface area contributed by atoms with E-state index in [0.717, 1.165) is 27.4 Å². The van der Waals surface area contributed by atoms with Gasteiger partial charge in [0.2, 0.25) is 15.8 Å². The monoisotopic (exact) mass is 431 g/mol. The van der Waals surface area contributed by atoms with Crippen molar-refractivity contribution in [1.29, 1.82) is 0 Å². The van der Waals surface area contributed by atoms with Crippen LogP contribution in [0.1, 0.15) is 6.92 Å². The highest BCUT2D eigenvalue weighted by atomic mass is 35.5. The number of hydrogen-bond acceptors (Lipinski definition) is 7. The Labute approximate surface area is 153 Å². The van der Waals surface area contributed by atoms with Crippen LogP contribution in [-0.2, 0) is 25.0 Å². The molecule has 2 heterocycles. The first-order valence-electron chi connectivity index (χ1n) is 6.47. The Kier molecular flexibility index (Phi) is 5.87. The molecule has 1 aromatic rings. The van der Waals surface area contributed by atoms with Gasteiger partial charge in [0.05, 0.1) is 5.69 Å². The lowest BCUT2D eigenvalue weighted by Crippen LogP contribution is -2.40. The number of halogens is 1. The number of hydrogen-bond donors (Lipinski definition) is 2. The maximum absolute atomic E-state index is 12.2. The van der Waals surface area contributed by atoms with E-state index < -0.39 is 30.6 Å². The Hall–Kier alpha value is -0.790. The number of nitrogens with zero attached hydrogens (tertiary/aromatic N) is 1. The molecule has 1 unspecified atom stereocenters. The quantitative estimate of drug-likeness (QED) is 0.674. The number of thiophene rings is 1. The smallest absolute Gasteiger partial charge is 0.290 e. The maximum atomic E-state index is 12.2. The van der Waals surface area contributed by atoms with Gasteiger partial charge in [-0.3, -0.25) is 14.2 Å². The normalized spacial score (nSPS) is 18.8. The number of allylic oxidation sites excluding steroid dienone is 1. The summed E-state index contributed by atoms with van der Waals surface area (Å²) in [5, 5.41) is 2.78. The number of Topliss-reactive ketones (excluding diaryl/α,β-unsaturated/α-hetero) is 1. The van der Waals surface area contributed by atoms with Gasteiger partial charge in [-0.2, -0.15) is 8.42 Å².